The first kappa shape index (κ1) is 22.4. The van der Waals surface area contributed by atoms with E-state index in [1.807, 2.05) is 0 Å². The number of phosphoric ester groups is 1. The molecule has 11 heteroatoms. The van der Waals surface area contributed by atoms with Crippen molar-refractivity contribution in [3.05, 3.63) is 33.1 Å². The van der Waals surface area contributed by atoms with Gasteiger partial charge in [0.2, 0.25) is 0 Å². The molecule has 1 aromatic rings. The molecule has 1 aromatic heterocycles. The van der Waals surface area contributed by atoms with E-state index in [0.29, 0.717) is 0 Å². The lowest BCUT2D eigenvalue weighted by Gasteiger charge is -2.36. The number of nitrogens with two attached hydrogens (primary N) is 1. The zero-order valence-electron chi connectivity index (χ0n) is 17.0. The molecule has 2 saturated heterocycles. The molecule has 0 unspecified atom stereocenters. The van der Waals surface area contributed by atoms with Crippen LogP contribution in [0.4, 0.5) is 0 Å². The number of aromatic nitrogens is 2. The molecule has 0 spiro atoms. The van der Waals surface area contributed by atoms with Gasteiger partial charge in [-0.05, 0) is 25.7 Å². The number of aromatic amines is 1. The van der Waals surface area contributed by atoms with Crippen molar-refractivity contribution in [3.8, 4) is 0 Å². The topological polar surface area (TPSA) is 135 Å². The molecule has 0 saturated carbocycles. The summed E-state index contributed by atoms with van der Waals surface area (Å²) >= 11 is 0. The van der Waals surface area contributed by atoms with Gasteiger partial charge in [0, 0.05) is 12.3 Å². The molecule has 2 aliphatic rings. The van der Waals surface area contributed by atoms with Crippen LogP contribution >= 0.6 is 7.82 Å². The number of nitrogens with zero attached hydrogens (tertiary/aromatic N) is 1. The summed E-state index contributed by atoms with van der Waals surface area (Å²) in [5, 5.41) is 0. The summed E-state index contributed by atoms with van der Waals surface area (Å²) in [4.78, 5) is 25.7. The maximum atomic E-state index is 13.0. The molecule has 3 heterocycles. The molecular weight excluding hydrogens is 401 g/mol. The van der Waals surface area contributed by atoms with Crippen molar-refractivity contribution < 1.29 is 22.9 Å². The van der Waals surface area contributed by atoms with E-state index in [9.17, 15) is 14.2 Å². The van der Waals surface area contributed by atoms with Crippen LogP contribution in [0, 0.1) is 5.92 Å². The third-order valence-electron chi connectivity index (χ3n) is 5.39. The Bertz CT molecular complexity index is 862. The second kappa shape index (κ2) is 8.83. The fourth-order valence-electron chi connectivity index (χ4n) is 3.94. The fraction of sp³-hybridized carbons (Fsp3) is 0.778. The second-order valence-electron chi connectivity index (χ2n) is 7.92. The van der Waals surface area contributed by atoms with Crippen LogP contribution in [-0.2, 0) is 22.9 Å². The van der Waals surface area contributed by atoms with E-state index < -0.39 is 43.0 Å². The van der Waals surface area contributed by atoms with Crippen LogP contribution in [0.2, 0.25) is 0 Å². The molecule has 2 fully saturated rings. The van der Waals surface area contributed by atoms with Gasteiger partial charge in [-0.2, -0.15) is 0 Å². The van der Waals surface area contributed by atoms with Crippen molar-refractivity contribution in [2.24, 2.45) is 11.7 Å². The number of hydrogen-bond donors (Lipinski definition) is 2. The SMILES string of the molecule is CCCC(CCC)CO[P@@]1(=O)OC[C@H]2O[C@@H](n3ccc(=O)[nH]c3=O)[C@](C)(N)[C@@H]2O1. The molecule has 0 bridgehead atoms. The summed E-state index contributed by atoms with van der Waals surface area (Å²) in [5.74, 6) is 0.275. The highest BCUT2D eigenvalue weighted by Crippen LogP contribution is 2.58. The van der Waals surface area contributed by atoms with Crippen LogP contribution < -0.4 is 17.0 Å². The van der Waals surface area contributed by atoms with Gasteiger partial charge in [0.15, 0.2) is 6.23 Å². The number of phosphoric acid groups is 1. The summed E-state index contributed by atoms with van der Waals surface area (Å²) in [6, 6.07) is 1.20. The number of nitrogens with one attached hydrogen (secondary N) is 1. The first-order valence-corrected chi connectivity index (χ1v) is 11.5. The number of ether oxygens (including phenoxy) is 1. The maximum absolute atomic E-state index is 13.0. The monoisotopic (exact) mass is 431 g/mol. The van der Waals surface area contributed by atoms with E-state index in [1.165, 1.54) is 16.8 Å². The van der Waals surface area contributed by atoms with Crippen molar-refractivity contribution >= 4 is 7.82 Å². The van der Waals surface area contributed by atoms with Gasteiger partial charge in [-0.1, -0.05) is 26.7 Å². The summed E-state index contributed by atoms with van der Waals surface area (Å²) < 4.78 is 36.8. The van der Waals surface area contributed by atoms with Crippen molar-refractivity contribution in [3.63, 3.8) is 0 Å². The Hall–Kier alpha value is -1.29. The largest absolute Gasteiger partial charge is 0.475 e. The van der Waals surface area contributed by atoms with Crippen molar-refractivity contribution in [1.29, 1.82) is 0 Å². The minimum atomic E-state index is -3.81. The number of fused-ring (bicyclic) bond motifs is 1. The molecule has 3 rings (SSSR count). The van der Waals surface area contributed by atoms with Gasteiger partial charge in [0.05, 0.1) is 18.8 Å². The number of H-pyrrole nitrogens is 1. The molecule has 2 aliphatic heterocycles. The predicted octanol–water partition coefficient (Wildman–Crippen LogP) is 1.91. The molecule has 0 amide bonds. The van der Waals surface area contributed by atoms with Gasteiger partial charge in [0.1, 0.15) is 12.2 Å². The minimum absolute atomic E-state index is 0.0322. The lowest BCUT2D eigenvalue weighted by atomic mass is 9.93. The van der Waals surface area contributed by atoms with Gasteiger partial charge in [-0.3, -0.25) is 27.9 Å². The van der Waals surface area contributed by atoms with Crippen LogP contribution in [0.3, 0.4) is 0 Å². The molecular formula is C18H30N3O7P. The highest BCUT2D eigenvalue weighted by molar-refractivity contribution is 7.48. The summed E-state index contributed by atoms with van der Waals surface area (Å²) in [5.41, 5.74) is 4.07. The Balaban J connectivity index is 1.74. The van der Waals surface area contributed by atoms with Gasteiger partial charge >= 0.3 is 13.5 Å². The normalized spacial score (nSPS) is 34.4. The van der Waals surface area contributed by atoms with Crippen molar-refractivity contribution in [2.75, 3.05) is 13.2 Å². The van der Waals surface area contributed by atoms with E-state index in [2.05, 4.69) is 18.8 Å². The van der Waals surface area contributed by atoms with Gasteiger partial charge < -0.3 is 10.5 Å². The Kier molecular flexibility index (Phi) is 6.82. The minimum Gasteiger partial charge on any atom is -0.347 e. The Labute approximate surface area is 169 Å². The standard InChI is InChI=1S/C18H30N3O7P/c1-4-6-12(7-5-2)10-25-29(24)26-11-13-15(28-29)18(3,19)16(27-13)21-9-8-14(22)20-17(21)23/h8-9,12-13,15-16H,4-7,10-11,19H2,1-3H3,(H,20,22,23)/t13-,15-,16-,18-,29+/m1/s1. The number of hydrogen-bond acceptors (Lipinski definition) is 8. The molecule has 0 radical (unpaired) electrons. The first-order chi connectivity index (χ1) is 13.7. The Morgan fingerprint density at radius 3 is 2.69 bits per heavy atom. The highest BCUT2D eigenvalue weighted by Gasteiger charge is 2.59. The predicted molar refractivity (Wildman–Crippen MR) is 106 cm³/mol. The molecule has 5 atom stereocenters. The zero-order valence-corrected chi connectivity index (χ0v) is 17.9. The van der Waals surface area contributed by atoms with Gasteiger partial charge in [-0.15, -0.1) is 0 Å². The molecule has 29 heavy (non-hydrogen) atoms. The van der Waals surface area contributed by atoms with Crippen molar-refractivity contribution in [1.82, 2.24) is 9.55 Å². The lowest BCUT2D eigenvalue weighted by Crippen LogP contribution is -2.55. The summed E-state index contributed by atoms with van der Waals surface area (Å²) in [7, 11) is -3.81. The van der Waals surface area contributed by atoms with Gasteiger partial charge in [-0.25, -0.2) is 9.36 Å². The van der Waals surface area contributed by atoms with Crippen LogP contribution in [-0.4, -0.2) is 40.5 Å². The van der Waals surface area contributed by atoms with Crippen molar-refractivity contribution in [2.45, 2.75) is 70.4 Å². The Morgan fingerprint density at radius 2 is 2.07 bits per heavy atom. The second-order valence-corrected chi connectivity index (χ2v) is 9.54. The fourth-order valence-corrected chi connectivity index (χ4v) is 5.50. The zero-order chi connectivity index (χ0) is 21.2. The maximum Gasteiger partial charge on any atom is 0.475 e. The lowest BCUT2D eigenvalue weighted by molar-refractivity contribution is -0.0734. The van der Waals surface area contributed by atoms with Crippen LogP contribution in [0.5, 0.6) is 0 Å². The quantitative estimate of drug-likeness (QED) is 0.596. The Morgan fingerprint density at radius 1 is 1.38 bits per heavy atom. The van der Waals surface area contributed by atoms with E-state index in [1.54, 1.807) is 6.92 Å². The third kappa shape index (κ3) is 4.73. The van der Waals surface area contributed by atoms with E-state index in [4.69, 9.17) is 24.0 Å². The van der Waals surface area contributed by atoms with E-state index >= 15 is 0 Å². The smallest absolute Gasteiger partial charge is 0.347 e. The number of rotatable bonds is 8. The molecule has 10 nitrogen and oxygen atoms in total. The third-order valence-corrected chi connectivity index (χ3v) is 6.81. The highest BCUT2D eigenvalue weighted by atomic mass is 31.2. The van der Waals surface area contributed by atoms with Crippen LogP contribution in [0.15, 0.2) is 21.9 Å². The molecule has 3 N–H and O–H groups in total. The average Bonchev–Trinajstić information content (AvgIpc) is 2.91. The van der Waals surface area contributed by atoms with E-state index in [-0.39, 0.29) is 19.1 Å². The molecule has 0 aromatic carbocycles. The molecule has 164 valence electrons. The van der Waals surface area contributed by atoms with Crippen LogP contribution in [0.25, 0.3) is 0 Å². The summed E-state index contributed by atoms with van der Waals surface area (Å²) in [6.45, 7) is 6.08. The molecule has 0 aliphatic carbocycles. The van der Waals surface area contributed by atoms with E-state index in [0.717, 1.165) is 25.7 Å². The van der Waals surface area contributed by atoms with Crippen LogP contribution in [0.1, 0.15) is 52.7 Å². The average molecular weight is 431 g/mol. The van der Waals surface area contributed by atoms with Gasteiger partial charge in [0.25, 0.3) is 5.56 Å². The first-order valence-electron chi connectivity index (χ1n) is 10.0. The summed E-state index contributed by atoms with van der Waals surface area (Å²) in [6.07, 6.45) is 2.91.